The third kappa shape index (κ3) is 2.59. The van der Waals surface area contributed by atoms with E-state index in [0.29, 0.717) is 11.6 Å². The standard InChI is InChI=1S/C16H16FN/c17-16-7-2-1-6-15(16)13-5-3-4-12(10-13)11-18-14-8-9-14/h1-7,10,14,18H,8-9,11H2. The zero-order valence-electron chi connectivity index (χ0n) is 10.2. The van der Waals surface area contributed by atoms with Gasteiger partial charge in [0.15, 0.2) is 0 Å². The van der Waals surface area contributed by atoms with Crippen molar-refractivity contribution >= 4 is 0 Å². The Hall–Kier alpha value is -1.67. The van der Waals surface area contributed by atoms with Crippen LogP contribution in [-0.4, -0.2) is 6.04 Å². The molecule has 1 aliphatic rings. The molecular formula is C16H16FN. The molecule has 0 aromatic heterocycles. The van der Waals surface area contributed by atoms with Gasteiger partial charge >= 0.3 is 0 Å². The number of benzene rings is 2. The molecule has 1 fully saturated rings. The molecule has 1 aliphatic carbocycles. The molecule has 1 N–H and O–H groups in total. The maximum Gasteiger partial charge on any atom is 0.131 e. The molecule has 0 aliphatic heterocycles. The number of rotatable bonds is 4. The van der Waals surface area contributed by atoms with Crippen LogP contribution in [0.4, 0.5) is 4.39 Å². The molecule has 1 nitrogen and oxygen atoms in total. The van der Waals surface area contributed by atoms with E-state index in [4.69, 9.17) is 0 Å². The first-order valence-electron chi connectivity index (χ1n) is 6.40. The summed E-state index contributed by atoms with van der Waals surface area (Å²) in [6, 6.07) is 15.7. The highest BCUT2D eigenvalue weighted by Crippen LogP contribution is 2.24. The van der Waals surface area contributed by atoms with Crippen molar-refractivity contribution in [3.05, 3.63) is 59.9 Å². The molecular weight excluding hydrogens is 225 g/mol. The van der Waals surface area contributed by atoms with Gasteiger partial charge in [-0.1, -0.05) is 36.4 Å². The van der Waals surface area contributed by atoms with Crippen molar-refractivity contribution < 1.29 is 4.39 Å². The predicted molar refractivity (Wildman–Crippen MR) is 71.7 cm³/mol. The minimum absolute atomic E-state index is 0.162. The van der Waals surface area contributed by atoms with E-state index in [-0.39, 0.29) is 5.82 Å². The van der Waals surface area contributed by atoms with E-state index < -0.39 is 0 Å². The SMILES string of the molecule is Fc1ccccc1-c1cccc(CNC2CC2)c1. The lowest BCUT2D eigenvalue weighted by atomic mass is 10.0. The van der Waals surface area contributed by atoms with E-state index in [1.165, 1.54) is 24.5 Å². The molecule has 0 radical (unpaired) electrons. The second-order valence-electron chi connectivity index (χ2n) is 4.84. The molecule has 0 saturated heterocycles. The van der Waals surface area contributed by atoms with E-state index in [9.17, 15) is 4.39 Å². The predicted octanol–water partition coefficient (Wildman–Crippen LogP) is 3.74. The Labute approximate surface area is 107 Å². The Balaban J connectivity index is 1.83. The first-order chi connectivity index (χ1) is 8.83. The van der Waals surface area contributed by atoms with E-state index in [1.54, 1.807) is 6.07 Å². The molecule has 0 unspecified atom stereocenters. The summed E-state index contributed by atoms with van der Waals surface area (Å²) >= 11 is 0. The molecule has 18 heavy (non-hydrogen) atoms. The normalized spacial score (nSPS) is 14.7. The van der Waals surface area contributed by atoms with Crippen molar-refractivity contribution in [2.45, 2.75) is 25.4 Å². The number of nitrogens with one attached hydrogen (secondary N) is 1. The van der Waals surface area contributed by atoms with Crippen LogP contribution >= 0.6 is 0 Å². The summed E-state index contributed by atoms with van der Waals surface area (Å²) in [5, 5.41) is 3.47. The van der Waals surface area contributed by atoms with Crippen LogP contribution in [0.1, 0.15) is 18.4 Å². The maximum atomic E-state index is 13.7. The average Bonchev–Trinajstić information content (AvgIpc) is 3.21. The zero-order chi connectivity index (χ0) is 12.4. The van der Waals surface area contributed by atoms with Crippen molar-refractivity contribution in [2.24, 2.45) is 0 Å². The summed E-state index contributed by atoms with van der Waals surface area (Å²) in [5.74, 6) is -0.162. The monoisotopic (exact) mass is 241 g/mol. The van der Waals surface area contributed by atoms with Gasteiger partial charge < -0.3 is 5.32 Å². The van der Waals surface area contributed by atoms with Crippen LogP contribution in [0.15, 0.2) is 48.5 Å². The average molecular weight is 241 g/mol. The van der Waals surface area contributed by atoms with Crippen molar-refractivity contribution in [3.8, 4) is 11.1 Å². The first-order valence-corrected chi connectivity index (χ1v) is 6.40. The minimum atomic E-state index is -0.162. The Morgan fingerprint density at radius 3 is 2.67 bits per heavy atom. The van der Waals surface area contributed by atoms with E-state index in [0.717, 1.165) is 12.1 Å². The minimum Gasteiger partial charge on any atom is -0.310 e. The quantitative estimate of drug-likeness (QED) is 0.859. The summed E-state index contributed by atoms with van der Waals surface area (Å²) < 4.78 is 13.7. The van der Waals surface area contributed by atoms with Crippen molar-refractivity contribution in [2.75, 3.05) is 0 Å². The Morgan fingerprint density at radius 1 is 1.06 bits per heavy atom. The highest BCUT2D eigenvalue weighted by atomic mass is 19.1. The molecule has 0 spiro atoms. The van der Waals surface area contributed by atoms with Crippen LogP contribution in [0.25, 0.3) is 11.1 Å². The van der Waals surface area contributed by atoms with Gasteiger partial charge in [-0.15, -0.1) is 0 Å². The smallest absolute Gasteiger partial charge is 0.131 e. The van der Waals surface area contributed by atoms with Gasteiger partial charge in [-0.3, -0.25) is 0 Å². The highest BCUT2D eigenvalue weighted by molar-refractivity contribution is 5.64. The van der Waals surface area contributed by atoms with Gasteiger partial charge in [0.05, 0.1) is 0 Å². The molecule has 1 saturated carbocycles. The molecule has 2 aromatic rings. The number of hydrogen-bond acceptors (Lipinski definition) is 1. The van der Waals surface area contributed by atoms with Gasteiger partial charge in [0.1, 0.15) is 5.82 Å². The Kier molecular flexibility index (Phi) is 3.11. The van der Waals surface area contributed by atoms with Crippen LogP contribution in [0, 0.1) is 5.82 Å². The molecule has 2 heteroatoms. The molecule has 0 atom stereocenters. The first kappa shape index (κ1) is 11.4. The zero-order valence-corrected chi connectivity index (χ0v) is 10.2. The third-order valence-electron chi connectivity index (χ3n) is 3.28. The van der Waals surface area contributed by atoms with E-state index in [2.05, 4.69) is 17.4 Å². The largest absolute Gasteiger partial charge is 0.310 e. The van der Waals surface area contributed by atoms with Gasteiger partial charge in [-0.2, -0.15) is 0 Å². The lowest BCUT2D eigenvalue weighted by molar-refractivity contribution is 0.631. The Morgan fingerprint density at radius 2 is 1.89 bits per heavy atom. The number of hydrogen-bond donors (Lipinski definition) is 1. The summed E-state index contributed by atoms with van der Waals surface area (Å²) in [5.41, 5.74) is 2.83. The lowest BCUT2D eigenvalue weighted by Gasteiger charge is -2.07. The van der Waals surface area contributed by atoms with Gasteiger partial charge in [-0.05, 0) is 36.1 Å². The van der Waals surface area contributed by atoms with Gasteiger partial charge in [-0.25, -0.2) is 4.39 Å². The molecule has 0 amide bonds. The molecule has 92 valence electrons. The highest BCUT2D eigenvalue weighted by Gasteiger charge is 2.19. The summed E-state index contributed by atoms with van der Waals surface area (Å²) in [6.45, 7) is 0.868. The fourth-order valence-corrected chi connectivity index (χ4v) is 2.09. The lowest BCUT2D eigenvalue weighted by Crippen LogP contribution is -2.15. The third-order valence-corrected chi connectivity index (χ3v) is 3.28. The second-order valence-corrected chi connectivity index (χ2v) is 4.84. The molecule has 0 bridgehead atoms. The van der Waals surface area contributed by atoms with Crippen LogP contribution in [0.5, 0.6) is 0 Å². The maximum absolute atomic E-state index is 13.7. The van der Waals surface area contributed by atoms with Gasteiger partial charge in [0.2, 0.25) is 0 Å². The Bertz CT molecular complexity index is 546. The fraction of sp³-hybridized carbons (Fsp3) is 0.250. The molecule has 2 aromatic carbocycles. The van der Waals surface area contributed by atoms with Gasteiger partial charge in [0.25, 0.3) is 0 Å². The van der Waals surface area contributed by atoms with Crippen molar-refractivity contribution in [1.82, 2.24) is 5.32 Å². The molecule has 0 heterocycles. The summed E-state index contributed by atoms with van der Waals surface area (Å²) in [6.07, 6.45) is 2.57. The van der Waals surface area contributed by atoms with Crippen LogP contribution in [0.3, 0.4) is 0 Å². The topological polar surface area (TPSA) is 12.0 Å². The van der Waals surface area contributed by atoms with Crippen LogP contribution in [0.2, 0.25) is 0 Å². The fourth-order valence-electron chi connectivity index (χ4n) is 2.09. The van der Waals surface area contributed by atoms with E-state index >= 15 is 0 Å². The second kappa shape index (κ2) is 4.91. The summed E-state index contributed by atoms with van der Waals surface area (Å²) in [4.78, 5) is 0. The van der Waals surface area contributed by atoms with Crippen molar-refractivity contribution in [1.29, 1.82) is 0 Å². The summed E-state index contributed by atoms with van der Waals surface area (Å²) in [7, 11) is 0. The van der Waals surface area contributed by atoms with Crippen molar-refractivity contribution in [3.63, 3.8) is 0 Å². The van der Waals surface area contributed by atoms with E-state index in [1.807, 2.05) is 24.3 Å². The van der Waals surface area contributed by atoms with Gasteiger partial charge in [0, 0.05) is 18.2 Å². The van der Waals surface area contributed by atoms with Crippen LogP contribution in [-0.2, 0) is 6.54 Å². The van der Waals surface area contributed by atoms with Crippen LogP contribution < -0.4 is 5.32 Å². The number of halogens is 1. The molecule has 3 rings (SSSR count).